The van der Waals surface area contributed by atoms with Crippen LogP contribution in [0.1, 0.15) is 12.8 Å². The molecule has 1 aliphatic heterocycles. The van der Waals surface area contributed by atoms with Crippen molar-refractivity contribution in [3.05, 3.63) is 0 Å². The molecule has 1 aliphatic rings. The molecule has 0 atom stereocenters. The van der Waals surface area contributed by atoms with Crippen molar-refractivity contribution in [2.75, 3.05) is 30.0 Å². The summed E-state index contributed by atoms with van der Waals surface area (Å²) in [5.74, 6) is 0.147. The van der Waals surface area contributed by atoms with Gasteiger partial charge in [0, 0.05) is 25.4 Å². The highest BCUT2D eigenvalue weighted by molar-refractivity contribution is 7.91. The minimum absolute atomic E-state index is 0.0204. The summed E-state index contributed by atoms with van der Waals surface area (Å²) in [7, 11) is -3.44. The zero-order valence-electron chi connectivity index (χ0n) is 9.59. The van der Waals surface area contributed by atoms with Gasteiger partial charge in [0.25, 0.3) is 0 Å². The van der Waals surface area contributed by atoms with Gasteiger partial charge in [-0.15, -0.1) is 0 Å². The maximum Gasteiger partial charge on any atom is 0.243 e. The molecular formula is C9H16N4O3S. The van der Waals surface area contributed by atoms with E-state index in [4.69, 9.17) is 16.0 Å². The highest BCUT2D eigenvalue weighted by Gasteiger charge is 2.29. The number of piperidine rings is 1. The molecule has 96 valence electrons. The van der Waals surface area contributed by atoms with Gasteiger partial charge in [-0.25, -0.2) is 8.42 Å². The molecule has 0 amide bonds. The van der Waals surface area contributed by atoms with Crippen molar-refractivity contribution < 1.29 is 12.9 Å². The van der Waals surface area contributed by atoms with Crippen LogP contribution in [-0.4, -0.2) is 39.0 Å². The quantitative estimate of drug-likeness (QED) is 0.742. The van der Waals surface area contributed by atoms with Crippen LogP contribution >= 0.6 is 0 Å². The zero-order chi connectivity index (χ0) is 12.6. The van der Waals surface area contributed by atoms with E-state index in [1.165, 1.54) is 0 Å². The van der Waals surface area contributed by atoms with E-state index in [0.29, 0.717) is 18.9 Å². The summed E-state index contributed by atoms with van der Waals surface area (Å²) in [6.07, 6.45) is 2.70. The van der Waals surface area contributed by atoms with Gasteiger partial charge in [-0.2, -0.15) is 0 Å². The van der Waals surface area contributed by atoms with E-state index in [2.05, 4.69) is 5.16 Å². The van der Waals surface area contributed by atoms with Crippen molar-refractivity contribution in [1.29, 1.82) is 0 Å². The molecule has 2 rings (SSSR count). The van der Waals surface area contributed by atoms with Gasteiger partial charge in [0.05, 0.1) is 0 Å². The first-order chi connectivity index (χ1) is 7.89. The smallest absolute Gasteiger partial charge is 0.243 e. The Kier molecular flexibility index (Phi) is 3.00. The van der Waals surface area contributed by atoms with Crippen LogP contribution in [0.15, 0.2) is 9.42 Å². The number of nitrogen functional groups attached to an aromatic ring is 1. The third kappa shape index (κ3) is 2.37. The van der Waals surface area contributed by atoms with E-state index in [9.17, 15) is 8.42 Å². The van der Waals surface area contributed by atoms with Gasteiger partial charge in [-0.1, -0.05) is 5.16 Å². The van der Waals surface area contributed by atoms with Gasteiger partial charge in [0.1, 0.15) is 0 Å². The molecule has 7 nitrogen and oxygen atoms in total. The van der Waals surface area contributed by atoms with Gasteiger partial charge >= 0.3 is 0 Å². The van der Waals surface area contributed by atoms with Crippen molar-refractivity contribution in [1.82, 2.24) is 5.16 Å². The van der Waals surface area contributed by atoms with Crippen LogP contribution in [0.3, 0.4) is 0 Å². The normalized spacial score (nSPS) is 18.6. The van der Waals surface area contributed by atoms with E-state index in [1.54, 1.807) is 0 Å². The molecule has 8 heteroatoms. The summed E-state index contributed by atoms with van der Waals surface area (Å²) in [4.78, 5) is 1.83. The van der Waals surface area contributed by atoms with E-state index in [0.717, 1.165) is 19.1 Å². The molecular weight excluding hydrogens is 244 g/mol. The van der Waals surface area contributed by atoms with Crippen LogP contribution in [-0.2, 0) is 9.84 Å². The summed E-state index contributed by atoms with van der Waals surface area (Å²) in [5, 5.41) is 3.74. The Morgan fingerprint density at radius 2 is 2.00 bits per heavy atom. The van der Waals surface area contributed by atoms with Crippen LogP contribution in [0.25, 0.3) is 0 Å². The first kappa shape index (κ1) is 12.2. The lowest BCUT2D eigenvalue weighted by Gasteiger charge is -2.30. The maximum atomic E-state index is 11.6. The summed E-state index contributed by atoms with van der Waals surface area (Å²) in [6.45, 7) is 1.32. The lowest BCUT2D eigenvalue weighted by molar-refractivity contribution is 0.427. The Bertz CT molecular complexity index is 502. The Balaban J connectivity index is 2.34. The molecule has 0 radical (unpaired) electrons. The minimum Gasteiger partial charge on any atom is -0.366 e. The minimum atomic E-state index is -3.44. The second kappa shape index (κ2) is 4.19. The van der Waals surface area contributed by atoms with E-state index < -0.39 is 9.84 Å². The van der Waals surface area contributed by atoms with E-state index in [-0.39, 0.29) is 16.8 Å². The number of hydrogen-bond acceptors (Lipinski definition) is 7. The number of nitrogens with two attached hydrogens (primary N) is 2. The molecule has 0 aromatic carbocycles. The fourth-order valence-electron chi connectivity index (χ4n) is 1.95. The summed E-state index contributed by atoms with van der Waals surface area (Å²) in [5.41, 5.74) is 11.3. The molecule has 1 aromatic heterocycles. The first-order valence-electron chi connectivity index (χ1n) is 5.35. The predicted octanol–water partition coefficient (Wildman–Crippen LogP) is -0.412. The Hall–Kier alpha value is -1.28. The highest BCUT2D eigenvalue weighted by atomic mass is 32.2. The van der Waals surface area contributed by atoms with Crippen LogP contribution in [0.2, 0.25) is 0 Å². The average Bonchev–Trinajstić information content (AvgIpc) is 2.61. The molecule has 1 fully saturated rings. The molecule has 0 spiro atoms. The zero-order valence-corrected chi connectivity index (χ0v) is 10.4. The second-order valence-corrected chi connectivity index (χ2v) is 6.25. The van der Waals surface area contributed by atoms with Crippen LogP contribution in [0.5, 0.6) is 0 Å². The monoisotopic (exact) mass is 260 g/mol. The lowest BCUT2D eigenvalue weighted by atomic mass is 10.1. The molecule has 4 N–H and O–H groups in total. The molecule has 0 bridgehead atoms. The third-order valence-corrected chi connectivity index (χ3v) is 3.99. The topological polar surface area (TPSA) is 115 Å². The average molecular weight is 260 g/mol. The molecule has 17 heavy (non-hydrogen) atoms. The Labute approximate surface area is 99.6 Å². The van der Waals surface area contributed by atoms with Gasteiger partial charge in [0.2, 0.25) is 5.88 Å². The van der Waals surface area contributed by atoms with Gasteiger partial charge in [0.15, 0.2) is 20.6 Å². The van der Waals surface area contributed by atoms with Crippen molar-refractivity contribution in [3.8, 4) is 0 Å². The van der Waals surface area contributed by atoms with Gasteiger partial charge in [-0.3, -0.25) is 0 Å². The molecule has 0 unspecified atom stereocenters. The highest BCUT2D eigenvalue weighted by Crippen LogP contribution is 2.31. The fourth-order valence-corrected chi connectivity index (χ4v) is 2.85. The van der Waals surface area contributed by atoms with Crippen molar-refractivity contribution in [3.63, 3.8) is 0 Å². The number of rotatable bonds is 2. The lowest BCUT2D eigenvalue weighted by Crippen LogP contribution is -2.40. The standard InChI is InChI=1S/C9H16N4O3S/c1-17(14,15)7-8(11)16-12-9(7)13-4-2-6(10)3-5-13/h6H,2-5,10-11H2,1H3. The maximum absolute atomic E-state index is 11.6. The van der Waals surface area contributed by atoms with Crippen LogP contribution < -0.4 is 16.4 Å². The van der Waals surface area contributed by atoms with Crippen molar-refractivity contribution >= 4 is 21.5 Å². The second-order valence-electron chi connectivity index (χ2n) is 4.30. The predicted molar refractivity (Wildman–Crippen MR) is 63.4 cm³/mol. The Morgan fingerprint density at radius 1 is 1.41 bits per heavy atom. The number of nitrogens with zero attached hydrogens (tertiary/aromatic N) is 2. The van der Waals surface area contributed by atoms with Gasteiger partial charge in [-0.05, 0) is 12.8 Å². The summed E-state index contributed by atoms with van der Waals surface area (Å²) >= 11 is 0. The number of anilines is 2. The van der Waals surface area contributed by atoms with Crippen molar-refractivity contribution in [2.24, 2.45) is 5.73 Å². The molecule has 1 aromatic rings. The Morgan fingerprint density at radius 3 is 2.53 bits per heavy atom. The summed E-state index contributed by atoms with van der Waals surface area (Å²) in [6, 6.07) is 0.164. The van der Waals surface area contributed by atoms with Crippen LogP contribution in [0.4, 0.5) is 11.7 Å². The van der Waals surface area contributed by atoms with Gasteiger partial charge < -0.3 is 20.9 Å². The van der Waals surface area contributed by atoms with E-state index >= 15 is 0 Å². The van der Waals surface area contributed by atoms with Crippen LogP contribution in [0, 0.1) is 0 Å². The third-order valence-electron chi connectivity index (χ3n) is 2.87. The molecule has 1 saturated heterocycles. The SMILES string of the molecule is CS(=O)(=O)c1c(N2CCC(N)CC2)noc1N. The first-order valence-corrected chi connectivity index (χ1v) is 7.24. The molecule has 0 saturated carbocycles. The number of sulfone groups is 1. The van der Waals surface area contributed by atoms with Crippen molar-refractivity contribution in [2.45, 2.75) is 23.8 Å². The molecule has 0 aliphatic carbocycles. The molecule has 2 heterocycles. The summed E-state index contributed by atoms with van der Waals surface area (Å²) < 4.78 is 28.0. The van der Waals surface area contributed by atoms with E-state index in [1.807, 2.05) is 4.90 Å². The largest absolute Gasteiger partial charge is 0.366 e. The number of aromatic nitrogens is 1. The number of hydrogen-bond donors (Lipinski definition) is 2. The fraction of sp³-hybridized carbons (Fsp3) is 0.667.